The number of aromatic hydroxyl groups is 1. The van der Waals surface area contributed by atoms with Crippen LogP contribution in [0.5, 0.6) is 5.75 Å². The minimum Gasteiger partial charge on any atom is -0.508 e. The summed E-state index contributed by atoms with van der Waals surface area (Å²) in [6.45, 7) is 1.98. The van der Waals surface area contributed by atoms with E-state index in [0.717, 1.165) is 10.3 Å². The third-order valence-electron chi connectivity index (χ3n) is 4.90. The highest BCUT2D eigenvalue weighted by atomic mass is 19.4. The third-order valence-corrected chi connectivity index (χ3v) is 4.90. The Labute approximate surface area is 174 Å². The quantitative estimate of drug-likeness (QED) is 0.665. The van der Waals surface area contributed by atoms with E-state index in [1.165, 1.54) is 24.4 Å². The summed E-state index contributed by atoms with van der Waals surface area (Å²) in [5.41, 5.74) is 2.75. The minimum absolute atomic E-state index is 0.0871. The number of rotatable bonds is 3. The van der Waals surface area contributed by atoms with Crippen molar-refractivity contribution in [1.29, 1.82) is 0 Å². The summed E-state index contributed by atoms with van der Waals surface area (Å²) in [4.78, 5) is 32.7. The zero-order chi connectivity index (χ0) is 22.3. The van der Waals surface area contributed by atoms with Crippen LogP contribution in [0.4, 0.5) is 13.2 Å². The van der Waals surface area contributed by atoms with Crippen molar-refractivity contribution in [2.75, 3.05) is 6.54 Å². The maximum Gasteiger partial charge on any atom is 0.493 e. The Balaban J connectivity index is 1.84. The molecule has 0 aliphatic carbocycles. The molecule has 3 aromatic rings. The normalized spacial score (nSPS) is 13.5. The molecule has 0 spiro atoms. The van der Waals surface area contributed by atoms with Crippen molar-refractivity contribution < 1.29 is 32.7 Å². The molecular formula is C21H16F3N3O4. The van der Waals surface area contributed by atoms with Gasteiger partial charge in [0.25, 0.3) is 5.91 Å². The molecule has 0 saturated heterocycles. The first-order chi connectivity index (χ1) is 14.6. The molecule has 0 atom stereocenters. The predicted octanol–water partition coefficient (Wildman–Crippen LogP) is 3.03. The number of hydrogen-bond donors (Lipinski definition) is 2. The molecule has 0 unspecified atom stereocenters. The fourth-order valence-electron chi connectivity index (χ4n) is 3.47. The van der Waals surface area contributed by atoms with E-state index in [-0.39, 0.29) is 35.7 Å². The molecule has 0 radical (unpaired) electrons. The second-order valence-corrected chi connectivity index (χ2v) is 7.00. The molecule has 0 fully saturated rings. The minimum atomic E-state index is -5.20. The molecule has 3 heterocycles. The molecule has 0 bridgehead atoms. The van der Waals surface area contributed by atoms with Gasteiger partial charge in [0.1, 0.15) is 5.75 Å². The number of carbonyl (C=O) groups excluding carboxylic acids is 2. The molecule has 31 heavy (non-hydrogen) atoms. The van der Waals surface area contributed by atoms with E-state index in [1.54, 1.807) is 25.1 Å². The Morgan fingerprint density at radius 2 is 1.97 bits per heavy atom. The van der Waals surface area contributed by atoms with Crippen molar-refractivity contribution >= 4 is 11.9 Å². The Kier molecular flexibility index (Phi) is 4.92. The van der Waals surface area contributed by atoms with Crippen molar-refractivity contribution in [1.82, 2.24) is 15.0 Å². The fourth-order valence-corrected chi connectivity index (χ4v) is 3.47. The van der Waals surface area contributed by atoms with Crippen LogP contribution in [0.3, 0.4) is 0 Å². The number of benzene rings is 1. The van der Waals surface area contributed by atoms with E-state index in [9.17, 15) is 27.9 Å². The van der Waals surface area contributed by atoms with Crippen molar-refractivity contribution in [2.45, 2.75) is 19.5 Å². The van der Waals surface area contributed by atoms with Gasteiger partial charge in [0.15, 0.2) is 0 Å². The second kappa shape index (κ2) is 7.46. The summed E-state index contributed by atoms with van der Waals surface area (Å²) in [5.74, 6) is -2.77. The molecule has 10 heteroatoms. The first-order valence-corrected chi connectivity index (χ1v) is 9.24. The number of pyridine rings is 1. The summed E-state index contributed by atoms with van der Waals surface area (Å²) < 4.78 is 39.3. The van der Waals surface area contributed by atoms with Gasteiger partial charge in [-0.25, -0.2) is 4.79 Å². The molecule has 2 N–H and O–H groups in total. The van der Waals surface area contributed by atoms with E-state index in [4.69, 9.17) is 0 Å². The summed E-state index contributed by atoms with van der Waals surface area (Å²) in [6, 6.07) is 9.24. The van der Waals surface area contributed by atoms with Crippen molar-refractivity contribution in [3.63, 3.8) is 0 Å². The van der Waals surface area contributed by atoms with Crippen LogP contribution in [-0.4, -0.2) is 39.4 Å². The summed E-state index contributed by atoms with van der Waals surface area (Å²) >= 11 is 0. The van der Waals surface area contributed by atoms with Crippen LogP contribution in [0.1, 0.15) is 21.6 Å². The number of phenolic OH excluding ortho intramolecular Hbond substituents is 1. The summed E-state index contributed by atoms with van der Waals surface area (Å²) in [5, 5.41) is 12.2. The van der Waals surface area contributed by atoms with Gasteiger partial charge in [-0.1, -0.05) is 0 Å². The van der Waals surface area contributed by atoms with Crippen molar-refractivity contribution in [2.24, 2.45) is 0 Å². The number of hydrogen-bond acceptors (Lipinski definition) is 5. The second-order valence-electron chi connectivity index (χ2n) is 7.00. The van der Waals surface area contributed by atoms with Crippen LogP contribution < -0.4 is 10.2 Å². The van der Waals surface area contributed by atoms with Crippen LogP contribution in [-0.2, 0) is 11.2 Å². The lowest BCUT2D eigenvalue weighted by Gasteiger charge is -2.17. The molecule has 4 rings (SSSR count). The standard InChI is InChI=1S/C21H16F3N3O4/c1-11-8-13(28)2-3-14(11)16-9-12(4-6-25-16)18-10-15-17(5-7-26-19(15)29)27(18)31-20(30)21(22,23)24/h2-4,6,8-10,28H,5,7H2,1H3,(H,26,29). The Hall–Kier alpha value is -3.82. The molecule has 1 aliphatic rings. The molecule has 1 aliphatic heterocycles. The zero-order valence-electron chi connectivity index (χ0n) is 16.2. The summed E-state index contributed by atoms with van der Waals surface area (Å²) in [7, 11) is 0. The number of fused-ring (bicyclic) bond motifs is 1. The van der Waals surface area contributed by atoms with Gasteiger partial charge < -0.3 is 15.3 Å². The summed E-state index contributed by atoms with van der Waals surface area (Å²) in [6.07, 6.45) is -3.54. The first kappa shape index (κ1) is 20.5. The average molecular weight is 431 g/mol. The van der Waals surface area contributed by atoms with Gasteiger partial charge in [0.2, 0.25) is 0 Å². The van der Waals surface area contributed by atoms with Crippen LogP contribution in [0.15, 0.2) is 42.6 Å². The van der Waals surface area contributed by atoms with Gasteiger partial charge in [0.05, 0.1) is 22.6 Å². The van der Waals surface area contributed by atoms with Crippen LogP contribution in [0.2, 0.25) is 0 Å². The average Bonchev–Trinajstić information content (AvgIpc) is 3.07. The number of alkyl halides is 3. The number of nitrogens with zero attached hydrogens (tertiary/aromatic N) is 2. The molecule has 2 aromatic heterocycles. The van der Waals surface area contributed by atoms with Crippen molar-refractivity contribution in [3.05, 3.63) is 59.4 Å². The maximum absolute atomic E-state index is 12.8. The SMILES string of the molecule is Cc1cc(O)ccc1-c1cc(-c2cc3c(n2OC(=O)C(F)(F)F)CCNC3=O)ccn1. The van der Waals surface area contributed by atoms with Gasteiger partial charge in [-0.05, 0) is 48.9 Å². The van der Waals surface area contributed by atoms with E-state index in [0.29, 0.717) is 16.8 Å². The number of carbonyl (C=O) groups is 2. The monoisotopic (exact) mass is 431 g/mol. The molecule has 0 saturated carbocycles. The van der Waals surface area contributed by atoms with Gasteiger partial charge in [-0.2, -0.15) is 17.9 Å². The number of amides is 1. The topological polar surface area (TPSA) is 93.5 Å². The van der Waals surface area contributed by atoms with Crippen LogP contribution in [0.25, 0.3) is 22.5 Å². The Morgan fingerprint density at radius 1 is 1.19 bits per heavy atom. The highest BCUT2D eigenvalue weighted by Gasteiger charge is 2.43. The lowest BCUT2D eigenvalue weighted by Crippen LogP contribution is -2.37. The van der Waals surface area contributed by atoms with Gasteiger partial charge in [-0.15, -0.1) is 0 Å². The van der Waals surface area contributed by atoms with Crippen molar-refractivity contribution in [3.8, 4) is 28.3 Å². The molecule has 7 nitrogen and oxygen atoms in total. The number of aryl methyl sites for hydroxylation is 1. The predicted molar refractivity (Wildman–Crippen MR) is 103 cm³/mol. The molecular weight excluding hydrogens is 415 g/mol. The van der Waals surface area contributed by atoms with Gasteiger partial charge in [0, 0.05) is 30.3 Å². The third kappa shape index (κ3) is 3.83. The lowest BCUT2D eigenvalue weighted by atomic mass is 10.0. The number of phenols is 1. The fraction of sp³-hybridized carbons (Fsp3) is 0.190. The van der Waals surface area contributed by atoms with E-state index in [1.807, 2.05) is 0 Å². The molecule has 160 valence electrons. The lowest BCUT2D eigenvalue weighted by molar-refractivity contribution is -0.199. The van der Waals surface area contributed by atoms with E-state index >= 15 is 0 Å². The highest BCUT2D eigenvalue weighted by molar-refractivity contribution is 5.98. The van der Waals surface area contributed by atoms with Gasteiger partial charge >= 0.3 is 12.1 Å². The number of nitrogens with one attached hydrogen (secondary N) is 1. The molecule has 1 aromatic carbocycles. The van der Waals surface area contributed by atoms with Crippen LogP contribution >= 0.6 is 0 Å². The maximum atomic E-state index is 12.8. The zero-order valence-corrected chi connectivity index (χ0v) is 16.2. The molecule has 1 amide bonds. The Morgan fingerprint density at radius 3 is 2.68 bits per heavy atom. The van der Waals surface area contributed by atoms with Crippen LogP contribution in [0, 0.1) is 6.92 Å². The smallest absolute Gasteiger partial charge is 0.493 e. The highest BCUT2D eigenvalue weighted by Crippen LogP contribution is 2.32. The first-order valence-electron chi connectivity index (χ1n) is 9.24. The van der Waals surface area contributed by atoms with E-state index in [2.05, 4.69) is 15.1 Å². The Bertz CT molecular complexity index is 1200. The van der Waals surface area contributed by atoms with Gasteiger partial charge in [-0.3, -0.25) is 9.78 Å². The number of aromatic nitrogens is 2. The number of halogens is 3. The van der Waals surface area contributed by atoms with E-state index < -0.39 is 18.1 Å². The largest absolute Gasteiger partial charge is 0.508 e.